The summed E-state index contributed by atoms with van der Waals surface area (Å²) in [7, 11) is 0. The summed E-state index contributed by atoms with van der Waals surface area (Å²) < 4.78 is 13.7. The molecule has 1 aromatic carbocycles. The Balaban J connectivity index is 2.20. The number of pyridine rings is 1. The molecule has 0 bridgehead atoms. The lowest BCUT2D eigenvalue weighted by atomic mass is 10.1. The number of nitrogens with one attached hydrogen (secondary N) is 2. The molecule has 0 spiro atoms. The van der Waals surface area contributed by atoms with E-state index in [9.17, 15) is 9.18 Å². The number of nitrogens with zero attached hydrogens (tertiary/aromatic N) is 1. The first-order valence-corrected chi connectivity index (χ1v) is 6.59. The number of benzene rings is 1. The van der Waals surface area contributed by atoms with Gasteiger partial charge in [-0.25, -0.2) is 15.2 Å². The summed E-state index contributed by atoms with van der Waals surface area (Å²) in [5.41, 5.74) is 2.74. The van der Waals surface area contributed by atoms with E-state index in [1.165, 1.54) is 12.1 Å². The van der Waals surface area contributed by atoms with Crippen molar-refractivity contribution in [3.63, 3.8) is 0 Å². The van der Waals surface area contributed by atoms with Crippen LogP contribution < -0.4 is 16.6 Å². The molecule has 2 aromatic rings. The average molecular weight is 309 g/mol. The number of hydrogen-bond donors (Lipinski definition) is 3. The van der Waals surface area contributed by atoms with Gasteiger partial charge >= 0.3 is 0 Å². The van der Waals surface area contributed by atoms with Crippen molar-refractivity contribution in [2.24, 2.45) is 5.84 Å². The molecule has 0 saturated carbocycles. The summed E-state index contributed by atoms with van der Waals surface area (Å²) in [5, 5.41) is 2.84. The number of carbonyl (C=O) groups excluding carboxylic acids is 1. The molecule has 0 radical (unpaired) electrons. The summed E-state index contributed by atoms with van der Waals surface area (Å²) in [5.74, 6) is 4.66. The summed E-state index contributed by atoms with van der Waals surface area (Å²) in [6, 6.07) is 8.75. The van der Waals surface area contributed by atoms with Crippen molar-refractivity contribution in [2.45, 2.75) is 13.0 Å². The van der Waals surface area contributed by atoms with E-state index in [0.717, 1.165) is 0 Å². The fourth-order valence-electron chi connectivity index (χ4n) is 1.85. The maximum atomic E-state index is 13.7. The summed E-state index contributed by atoms with van der Waals surface area (Å²) in [4.78, 5) is 16.2. The molecule has 0 aliphatic carbocycles. The van der Waals surface area contributed by atoms with Crippen molar-refractivity contribution < 1.29 is 9.18 Å². The molecule has 0 aliphatic heterocycles. The first kappa shape index (κ1) is 15.2. The van der Waals surface area contributed by atoms with Gasteiger partial charge in [0.15, 0.2) is 0 Å². The molecule has 1 aromatic heterocycles. The van der Waals surface area contributed by atoms with E-state index in [0.29, 0.717) is 11.4 Å². The Morgan fingerprint density at radius 1 is 1.33 bits per heavy atom. The molecule has 0 fully saturated rings. The normalized spacial score (nSPS) is 11.8. The summed E-state index contributed by atoms with van der Waals surface area (Å²) >= 11 is 5.94. The lowest BCUT2D eigenvalue weighted by Gasteiger charge is -2.15. The van der Waals surface area contributed by atoms with Gasteiger partial charge in [0.1, 0.15) is 17.3 Å². The number of carbonyl (C=O) groups is 1. The van der Waals surface area contributed by atoms with Gasteiger partial charge in [0.05, 0.1) is 11.1 Å². The van der Waals surface area contributed by atoms with Crippen LogP contribution in [0.3, 0.4) is 0 Å². The van der Waals surface area contributed by atoms with Crippen LogP contribution in [-0.4, -0.2) is 10.9 Å². The molecule has 7 heteroatoms. The number of halogens is 2. The van der Waals surface area contributed by atoms with Gasteiger partial charge in [0.2, 0.25) is 0 Å². The zero-order chi connectivity index (χ0) is 15.4. The molecule has 1 amide bonds. The summed E-state index contributed by atoms with van der Waals surface area (Å²) in [6.07, 6.45) is 0. The van der Waals surface area contributed by atoms with Crippen LogP contribution in [0.4, 0.5) is 10.2 Å². The van der Waals surface area contributed by atoms with Gasteiger partial charge in [0.25, 0.3) is 5.91 Å². The van der Waals surface area contributed by atoms with Crippen LogP contribution in [0.2, 0.25) is 5.02 Å². The van der Waals surface area contributed by atoms with E-state index in [-0.39, 0.29) is 16.5 Å². The third kappa shape index (κ3) is 3.48. The Bertz CT molecular complexity index is 665. The van der Waals surface area contributed by atoms with Gasteiger partial charge in [-0.3, -0.25) is 4.79 Å². The highest BCUT2D eigenvalue weighted by atomic mass is 35.5. The molecular weight excluding hydrogens is 295 g/mol. The standard InChI is InChI=1S/C14H14ClFN4O/c1-8(9-4-2-3-5-11(9)16)18-14(21)13-10(15)6-7-12(19-13)20-17/h2-8H,17H2,1H3,(H,18,21)(H,19,20). The topological polar surface area (TPSA) is 80.0 Å². The molecule has 21 heavy (non-hydrogen) atoms. The molecule has 1 atom stereocenters. The van der Waals surface area contributed by atoms with Crippen molar-refractivity contribution in [3.05, 3.63) is 58.5 Å². The zero-order valence-corrected chi connectivity index (χ0v) is 12.0. The minimum atomic E-state index is -0.522. The van der Waals surface area contributed by atoms with Gasteiger partial charge in [0, 0.05) is 5.56 Å². The molecule has 5 nitrogen and oxygen atoms in total. The number of amides is 1. The van der Waals surface area contributed by atoms with Crippen molar-refractivity contribution in [1.29, 1.82) is 0 Å². The second kappa shape index (κ2) is 6.51. The fourth-order valence-corrected chi connectivity index (χ4v) is 2.04. The predicted octanol–water partition coefficient (Wildman–Crippen LogP) is 2.65. The average Bonchev–Trinajstić information content (AvgIpc) is 2.48. The molecule has 4 N–H and O–H groups in total. The maximum Gasteiger partial charge on any atom is 0.271 e. The Labute approximate surface area is 126 Å². The number of anilines is 1. The number of nitrogens with two attached hydrogens (primary N) is 1. The number of rotatable bonds is 4. The summed E-state index contributed by atoms with van der Waals surface area (Å²) in [6.45, 7) is 1.68. The van der Waals surface area contributed by atoms with Crippen LogP contribution in [0, 0.1) is 5.82 Å². The van der Waals surface area contributed by atoms with Crippen molar-refractivity contribution in [1.82, 2.24) is 10.3 Å². The van der Waals surface area contributed by atoms with E-state index in [4.69, 9.17) is 17.4 Å². The number of aromatic nitrogens is 1. The molecule has 1 heterocycles. The van der Waals surface area contributed by atoms with Crippen molar-refractivity contribution in [2.75, 3.05) is 5.43 Å². The molecule has 0 aliphatic rings. The highest BCUT2D eigenvalue weighted by molar-refractivity contribution is 6.33. The van der Waals surface area contributed by atoms with Gasteiger partial charge in [-0.1, -0.05) is 29.8 Å². The smallest absolute Gasteiger partial charge is 0.271 e. The van der Waals surface area contributed by atoms with E-state index >= 15 is 0 Å². The predicted molar refractivity (Wildman–Crippen MR) is 79.3 cm³/mol. The third-order valence-electron chi connectivity index (χ3n) is 2.93. The molecule has 2 rings (SSSR count). The number of hydrazine groups is 1. The van der Waals surface area contributed by atoms with E-state index in [1.807, 2.05) is 0 Å². The quantitative estimate of drug-likeness (QED) is 0.599. The minimum Gasteiger partial charge on any atom is -0.344 e. The van der Waals surface area contributed by atoms with Crippen LogP contribution in [0.25, 0.3) is 0 Å². The Kier molecular flexibility index (Phi) is 4.72. The second-order valence-corrected chi connectivity index (χ2v) is 4.80. The Hall–Kier alpha value is -2.18. The van der Waals surface area contributed by atoms with Gasteiger partial charge < -0.3 is 10.7 Å². The van der Waals surface area contributed by atoms with E-state index < -0.39 is 11.9 Å². The molecular formula is C14H14ClFN4O. The first-order chi connectivity index (χ1) is 10.0. The van der Waals surface area contributed by atoms with Crippen LogP contribution in [0.15, 0.2) is 36.4 Å². The third-order valence-corrected chi connectivity index (χ3v) is 3.23. The molecule has 110 valence electrons. The Morgan fingerprint density at radius 2 is 2.05 bits per heavy atom. The van der Waals surface area contributed by atoms with Crippen LogP contribution in [0.5, 0.6) is 0 Å². The van der Waals surface area contributed by atoms with Crippen LogP contribution in [0.1, 0.15) is 29.0 Å². The van der Waals surface area contributed by atoms with E-state index in [1.54, 1.807) is 31.2 Å². The monoisotopic (exact) mass is 308 g/mol. The van der Waals surface area contributed by atoms with Crippen molar-refractivity contribution >= 4 is 23.3 Å². The highest BCUT2D eigenvalue weighted by Gasteiger charge is 2.18. The van der Waals surface area contributed by atoms with Crippen LogP contribution in [-0.2, 0) is 0 Å². The van der Waals surface area contributed by atoms with Gasteiger partial charge in [-0.05, 0) is 25.1 Å². The fraction of sp³-hybridized carbons (Fsp3) is 0.143. The lowest BCUT2D eigenvalue weighted by Crippen LogP contribution is -2.28. The van der Waals surface area contributed by atoms with E-state index in [2.05, 4.69) is 15.7 Å². The number of hydrogen-bond acceptors (Lipinski definition) is 4. The van der Waals surface area contributed by atoms with Gasteiger partial charge in [-0.2, -0.15) is 0 Å². The largest absolute Gasteiger partial charge is 0.344 e. The minimum absolute atomic E-state index is 0.0234. The Morgan fingerprint density at radius 3 is 2.71 bits per heavy atom. The first-order valence-electron chi connectivity index (χ1n) is 6.21. The lowest BCUT2D eigenvalue weighted by molar-refractivity contribution is 0.0934. The number of nitrogen functional groups attached to an aromatic ring is 1. The second-order valence-electron chi connectivity index (χ2n) is 4.39. The SMILES string of the molecule is CC(NC(=O)c1nc(NN)ccc1Cl)c1ccccc1F. The molecule has 0 saturated heterocycles. The van der Waals surface area contributed by atoms with Gasteiger partial charge in [-0.15, -0.1) is 0 Å². The van der Waals surface area contributed by atoms with Crippen molar-refractivity contribution in [3.8, 4) is 0 Å². The molecule has 1 unspecified atom stereocenters. The highest BCUT2D eigenvalue weighted by Crippen LogP contribution is 2.19. The zero-order valence-electron chi connectivity index (χ0n) is 11.2. The van der Waals surface area contributed by atoms with Crippen LogP contribution >= 0.6 is 11.6 Å². The maximum absolute atomic E-state index is 13.7.